The molecule has 2 heterocycles. The van der Waals surface area contributed by atoms with E-state index in [1.165, 1.54) is 12.0 Å². The van der Waals surface area contributed by atoms with Gasteiger partial charge >= 0.3 is 6.18 Å². The zero-order chi connectivity index (χ0) is 18.2. The number of benzene rings is 1. The summed E-state index contributed by atoms with van der Waals surface area (Å²) in [7, 11) is 1.52. The van der Waals surface area contributed by atoms with Crippen LogP contribution in [-0.4, -0.2) is 29.4 Å². The molecule has 0 fully saturated rings. The topological polar surface area (TPSA) is 62.4 Å². The first kappa shape index (κ1) is 17.1. The van der Waals surface area contributed by atoms with Crippen LogP contribution in [0.2, 0.25) is 0 Å². The van der Waals surface area contributed by atoms with Gasteiger partial charge in [0.15, 0.2) is 0 Å². The number of halogens is 3. The maximum absolute atomic E-state index is 12.8. The molecule has 1 aliphatic rings. The number of ether oxygens (including phenoxy) is 1. The van der Waals surface area contributed by atoms with E-state index in [9.17, 15) is 22.8 Å². The fourth-order valence-electron chi connectivity index (χ4n) is 2.81. The molecule has 0 atom stereocenters. The van der Waals surface area contributed by atoms with Crippen molar-refractivity contribution in [3.63, 3.8) is 0 Å². The molecule has 1 aromatic heterocycles. The molecule has 0 aliphatic carbocycles. The number of fused-ring (bicyclic) bond motifs is 1. The van der Waals surface area contributed by atoms with Gasteiger partial charge < -0.3 is 14.6 Å². The van der Waals surface area contributed by atoms with E-state index in [4.69, 9.17) is 4.74 Å². The van der Waals surface area contributed by atoms with Gasteiger partial charge in [-0.1, -0.05) is 6.07 Å². The van der Waals surface area contributed by atoms with Crippen LogP contribution in [0.3, 0.4) is 0 Å². The Kier molecular flexibility index (Phi) is 4.28. The van der Waals surface area contributed by atoms with Crippen LogP contribution in [0.5, 0.6) is 5.75 Å². The van der Waals surface area contributed by atoms with E-state index in [1.807, 2.05) is 17.1 Å². The van der Waals surface area contributed by atoms with E-state index in [2.05, 4.69) is 0 Å². The minimum absolute atomic E-state index is 0.209. The average Bonchev–Trinajstić information content (AvgIpc) is 2.59. The molecule has 0 radical (unpaired) electrons. The maximum atomic E-state index is 12.8. The SMILES string of the molecule is COc1ccc2c(c1)CN(C(=O)c1cc(C(F)(F)F)c[nH]c1=O)CC2. The van der Waals surface area contributed by atoms with E-state index in [-0.39, 0.29) is 6.54 Å². The van der Waals surface area contributed by atoms with Crippen LogP contribution in [0.4, 0.5) is 13.2 Å². The summed E-state index contributed by atoms with van der Waals surface area (Å²) in [6, 6.07) is 6.09. The number of methoxy groups -OCH3 is 1. The van der Waals surface area contributed by atoms with Gasteiger partial charge in [-0.05, 0) is 35.7 Å². The minimum Gasteiger partial charge on any atom is -0.497 e. The molecule has 0 saturated heterocycles. The summed E-state index contributed by atoms with van der Waals surface area (Å²) in [5, 5.41) is 0. The number of amides is 1. The molecule has 0 bridgehead atoms. The van der Waals surface area contributed by atoms with Crippen molar-refractivity contribution in [3.8, 4) is 5.75 Å². The van der Waals surface area contributed by atoms with Crippen LogP contribution in [-0.2, 0) is 19.1 Å². The van der Waals surface area contributed by atoms with Crippen molar-refractivity contribution in [2.24, 2.45) is 0 Å². The molecule has 2 aromatic rings. The Balaban J connectivity index is 1.90. The van der Waals surface area contributed by atoms with E-state index in [1.54, 1.807) is 6.07 Å². The lowest BCUT2D eigenvalue weighted by molar-refractivity contribution is -0.137. The Morgan fingerprint density at radius 1 is 1.24 bits per heavy atom. The number of alkyl halides is 3. The van der Waals surface area contributed by atoms with Crippen molar-refractivity contribution in [2.75, 3.05) is 13.7 Å². The highest BCUT2D eigenvalue weighted by Gasteiger charge is 2.33. The lowest BCUT2D eigenvalue weighted by Crippen LogP contribution is -2.38. The first-order valence-electron chi connectivity index (χ1n) is 7.54. The summed E-state index contributed by atoms with van der Waals surface area (Å²) >= 11 is 0. The van der Waals surface area contributed by atoms with Gasteiger partial charge in [-0.15, -0.1) is 0 Å². The Bertz CT molecular complexity index is 874. The molecule has 0 saturated carbocycles. The third kappa shape index (κ3) is 3.38. The number of hydrogen-bond acceptors (Lipinski definition) is 3. The van der Waals surface area contributed by atoms with Gasteiger partial charge in [0.05, 0.1) is 12.7 Å². The summed E-state index contributed by atoms with van der Waals surface area (Å²) in [4.78, 5) is 27.8. The predicted octanol–water partition coefficient (Wildman–Crippen LogP) is 2.60. The van der Waals surface area contributed by atoms with E-state index >= 15 is 0 Å². The third-order valence-electron chi connectivity index (χ3n) is 4.17. The maximum Gasteiger partial charge on any atom is 0.417 e. The summed E-state index contributed by atoms with van der Waals surface area (Å²) in [6.07, 6.45) is -3.52. The van der Waals surface area contributed by atoms with E-state index in [0.717, 1.165) is 11.1 Å². The van der Waals surface area contributed by atoms with Crippen molar-refractivity contribution < 1.29 is 22.7 Å². The number of pyridine rings is 1. The Labute approximate surface area is 141 Å². The van der Waals surface area contributed by atoms with Crippen molar-refractivity contribution in [2.45, 2.75) is 19.1 Å². The predicted molar refractivity (Wildman–Crippen MR) is 83.5 cm³/mol. The fraction of sp³-hybridized carbons (Fsp3) is 0.294. The molecular weight excluding hydrogens is 337 g/mol. The molecule has 0 unspecified atom stereocenters. The molecule has 8 heteroatoms. The van der Waals surface area contributed by atoms with Crippen molar-refractivity contribution >= 4 is 5.91 Å². The molecule has 1 aromatic carbocycles. The van der Waals surface area contributed by atoms with Gasteiger partial charge in [0, 0.05) is 19.3 Å². The van der Waals surface area contributed by atoms with Gasteiger partial charge in [-0.3, -0.25) is 9.59 Å². The first-order chi connectivity index (χ1) is 11.8. The van der Waals surface area contributed by atoms with Gasteiger partial charge in [0.25, 0.3) is 11.5 Å². The molecule has 1 aliphatic heterocycles. The van der Waals surface area contributed by atoms with Crippen LogP contribution in [0.1, 0.15) is 27.0 Å². The van der Waals surface area contributed by atoms with E-state index < -0.39 is 28.8 Å². The molecule has 0 spiro atoms. The molecule has 132 valence electrons. The van der Waals surface area contributed by atoms with Crippen molar-refractivity contribution in [1.82, 2.24) is 9.88 Å². The zero-order valence-corrected chi connectivity index (χ0v) is 13.3. The van der Waals surface area contributed by atoms with Gasteiger partial charge in [-0.25, -0.2) is 0 Å². The van der Waals surface area contributed by atoms with Crippen LogP contribution >= 0.6 is 0 Å². The highest BCUT2D eigenvalue weighted by Crippen LogP contribution is 2.29. The van der Waals surface area contributed by atoms with Crippen LogP contribution in [0.15, 0.2) is 35.3 Å². The normalized spacial score (nSPS) is 14.2. The summed E-state index contributed by atoms with van der Waals surface area (Å²) in [6.45, 7) is 0.537. The Morgan fingerprint density at radius 3 is 2.68 bits per heavy atom. The number of aromatic nitrogens is 1. The molecular formula is C17H15F3N2O3. The number of carbonyl (C=O) groups is 1. The first-order valence-corrected chi connectivity index (χ1v) is 7.54. The second-order valence-corrected chi connectivity index (χ2v) is 5.74. The molecule has 5 nitrogen and oxygen atoms in total. The standard InChI is InChI=1S/C17H15F3N2O3/c1-25-13-3-2-10-4-5-22(9-11(10)6-13)16(24)14-7-12(17(18,19)20)8-21-15(14)23/h2-3,6-8H,4-5,9H2,1H3,(H,21,23). The van der Waals surface area contributed by atoms with Crippen molar-refractivity contribution in [1.29, 1.82) is 0 Å². The smallest absolute Gasteiger partial charge is 0.417 e. The number of H-pyrrole nitrogens is 1. The Morgan fingerprint density at radius 2 is 2.00 bits per heavy atom. The summed E-state index contributed by atoms with van der Waals surface area (Å²) in [5.74, 6) is -0.0919. The fourth-order valence-corrected chi connectivity index (χ4v) is 2.81. The number of hydrogen-bond donors (Lipinski definition) is 1. The number of nitrogens with zero attached hydrogens (tertiary/aromatic N) is 1. The highest BCUT2D eigenvalue weighted by molar-refractivity contribution is 5.94. The van der Waals surface area contributed by atoms with E-state index in [0.29, 0.717) is 31.0 Å². The molecule has 25 heavy (non-hydrogen) atoms. The average molecular weight is 352 g/mol. The van der Waals surface area contributed by atoms with Gasteiger partial charge in [-0.2, -0.15) is 13.2 Å². The highest BCUT2D eigenvalue weighted by atomic mass is 19.4. The van der Waals surface area contributed by atoms with Gasteiger partial charge in [0.2, 0.25) is 0 Å². The number of carbonyl (C=O) groups excluding carboxylic acids is 1. The van der Waals surface area contributed by atoms with Crippen molar-refractivity contribution in [3.05, 3.63) is 63.1 Å². The monoisotopic (exact) mass is 352 g/mol. The number of aromatic amines is 1. The molecule has 1 N–H and O–H groups in total. The number of nitrogens with one attached hydrogen (secondary N) is 1. The minimum atomic E-state index is -4.64. The lowest BCUT2D eigenvalue weighted by atomic mass is 9.99. The lowest BCUT2D eigenvalue weighted by Gasteiger charge is -2.29. The Hall–Kier alpha value is -2.77. The van der Waals surface area contributed by atoms with Crippen LogP contribution < -0.4 is 10.3 Å². The van der Waals surface area contributed by atoms with Crippen LogP contribution in [0.25, 0.3) is 0 Å². The van der Waals surface area contributed by atoms with Gasteiger partial charge in [0.1, 0.15) is 11.3 Å². The second-order valence-electron chi connectivity index (χ2n) is 5.74. The largest absolute Gasteiger partial charge is 0.497 e. The number of rotatable bonds is 2. The molecule has 3 rings (SSSR count). The summed E-state index contributed by atoms with van der Waals surface area (Å²) < 4.78 is 43.6. The third-order valence-corrected chi connectivity index (χ3v) is 4.17. The summed E-state index contributed by atoms with van der Waals surface area (Å²) in [5.41, 5.74) is -0.518. The zero-order valence-electron chi connectivity index (χ0n) is 13.3. The van der Waals surface area contributed by atoms with Crippen LogP contribution in [0, 0.1) is 0 Å². The quantitative estimate of drug-likeness (QED) is 0.904. The molecule has 1 amide bonds. The second kappa shape index (κ2) is 6.27.